The van der Waals surface area contributed by atoms with Gasteiger partial charge >= 0.3 is 5.97 Å². The summed E-state index contributed by atoms with van der Waals surface area (Å²) >= 11 is 6.03. The molecule has 52 heavy (non-hydrogen) atoms. The number of carbonyl (C=O) groups excluding carboxylic acids is 5. The lowest BCUT2D eigenvalue weighted by atomic mass is 10.1. The maximum absolute atomic E-state index is 13.6. The fraction of sp³-hybridized carbons (Fsp3) is 0.375. The second-order valence-corrected chi connectivity index (χ2v) is 12.9. The summed E-state index contributed by atoms with van der Waals surface area (Å²) in [6, 6.07) is 19.8. The average molecular weight is 731 g/mol. The number of nitrogens with zero attached hydrogens (tertiary/aromatic N) is 2. The van der Waals surface area contributed by atoms with E-state index in [-0.39, 0.29) is 56.0 Å². The monoisotopic (exact) mass is 730 g/mol. The average Bonchev–Trinajstić information content (AvgIpc) is 3.42. The van der Waals surface area contributed by atoms with E-state index in [0.29, 0.717) is 63.6 Å². The Bertz CT molecular complexity index is 1850. The molecule has 3 amide bonds. The number of amides is 3. The predicted octanol–water partition coefficient (Wildman–Crippen LogP) is 6.12. The second kappa shape index (κ2) is 19.4. The lowest BCUT2D eigenvalue weighted by Gasteiger charge is -2.27. The summed E-state index contributed by atoms with van der Waals surface area (Å²) in [4.78, 5) is 67.4. The van der Waals surface area contributed by atoms with E-state index in [2.05, 4.69) is 10.6 Å². The summed E-state index contributed by atoms with van der Waals surface area (Å²) < 4.78 is 12.5. The Labute approximate surface area is 309 Å². The first-order chi connectivity index (χ1) is 25.1. The van der Waals surface area contributed by atoms with Crippen molar-refractivity contribution in [2.24, 2.45) is 0 Å². The highest BCUT2D eigenvalue weighted by molar-refractivity contribution is 6.30. The van der Waals surface area contributed by atoms with Crippen molar-refractivity contribution < 1.29 is 33.4 Å². The molecule has 1 aromatic heterocycles. The van der Waals surface area contributed by atoms with Crippen LogP contribution in [0.2, 0.25) is 5.02 Å². The molecule has 0 spiro atoms. The van der Waals surface area contributed by atoms with Crippen LogP contribution in [0.1, 0.15) is 77.9 Å². The van der Waals surface area contributed by atoms with E-state index >= 15 is 0 Å². The number of esters is 1. The number of hydrogen-bond acceptors (Lipinski definition) is 7. The van der Waals surface area contributed by atoms with Crippen LogP contribution >= 0.6 is 11.6 Å². The van der Waals surface area contributed by atoms with Crippen molar-refractivity contribution in [2.45, 2.75) is 65.3 Å². The van der Waals surface area contributed by atoms with Crippen molar-refractivity contribution >= 4 is 52.1 Å². The van der Waals surface area contributed by atoms with E-state index in [1.54, 1.807) is 96.3 Å². The molecule has 0 fully saturated rings. The summed E-state index contributed by atoms with van der Waals surface area (Å²) in [5.41, 5.74) is 2.77. The van der Waals surface area contributed by atoms with Crippen molar-refractivity contribution in [1.29, 1.82) is 0 Å². The minimum Gasteiger partial charge on any atom is -0.497 e. The third-order valence-corrected chi connectivity index (χ3v) is 8.91. The van der Waals surface area contributed by atoms with Gasteiger partial charge in [-0.3, -0.25) is 28.5 Å². The normalized spacial score (nSPS) is 11.5. The van der Waals surface area contributed by atoms with Gasteiger partial charge < -0.3 is 25.0 Å². The summed E-state index contributed by atoms with van der Waals surface area (Å²) in [5, 5.41) is 6.87. The van der Waals surface area contributed by atoms with Gasteiger partial charge in [0.25, 0.3) is 11.8 Å². The first-order valence-electron chi connectivity index (χ1n) is 17.6. The van der Waals surface area contributed by atoms with Gasteiger partial charge in [-0.25, -0.2) is 0 Å². The zero-order valence-corrected chi connectivity index (χ0v) is 31.0. The molecule has 0 radical (unpaired) electrons. The molecule has 1 heterocycles. The molecule has 1 atom stereocenters. The van der Waals surface area contributed by atoms with E-state index in [0.717, 1.165) is 12.8 Å². The molecule has 0 saturated heterocycles. The third kappa shape index (κ3) is 10.4. The Morgan fingerprint density at radius 3 is 2.25 bits per heavy atom. The molecular weight excluding hydrogens is 684 g/mol. The number of halogens is 1. The zero-order chi connectivity index (χ0) is 37.6. The Morgan fingerprint density at radius 1 is 0.904 bits per heavy atom. The van der Waals surface area contributed by atoms with Crippen LogP contribution in [0, 0.1) is 6.92 Å². The zero-order valence-electron chi connectivity index (χ0n) is 30.2. The summed E-state index contributed by atoms with van der Waals surface area (Å²) in [6.45, 7) is 7.21. The van der Waals surface area contributed by atoms with Crippen LogP contribution < -0.4 is 15.4 Å². The molecule has 4 aromatic rings. The van der Waals surface area contributed by atoms with E-state index in [9.17, 15) is 24.0 Å². The quantitative estimate of drug-likeness (QED) is 0.0931. The highest BCUT2D eigenvalue weighted by atomic mass is 35.5. The Balaban J connectivity index is 1.31. The molecule has 0 aliphatic heterocycles. The van der Waals surface area contributed by atoms with Crippen LogP contribution in [0.5, 0.6) is 5.75 Å². The van der Waals surface area contributed by atoms with Crippen molar-refractivity contribution in [1.82, 2.24) is 20.1 Å². The van der Waals surface area contributed by atoms with Crippen molar-refractivity contribution in [3.63, 3.8) is 0 Å². The molecule has 12 heteroatoms. The number of fused-ring (bicyclic) bond motifs is 1. The van der Waals surface area contributed by atoms with Crippen LogP contribution in [-0.2, 0) is 25.5 Å². The Morgan fingerprint density at radius 2 is 1.60 bits per heavy atom. The highest BCUT2D eigenvalue weighted by Crippen LogP contribution is 2.31. The van der Waals surface area contributed by atoms with Gasteiger partial charge in [0.2, 0.25) is 11.8 Å². The molecule has 11 nitrogen and oxygen atoms in total. The van der Waals surface area contributed by atoms with Gasteiger partial charge in [0.05, 0.1) is 25.7 Å². The van der Waals surface area contributed by atoms with E-state index in [4.69, 9.17) is 21.1 Å². The minimum atomic E-state index is -0.853. The fourth-order valence-electron chi connectivity index (χ4n) is 6.02. The maximum atomic E-state index is 13.6. The third-order valence-electron chi connectivity index (χ3n) is 8.66. The van der Waals surface area contributed by atoms with E-state index in [1.807, 2.05) is 13.8 Å². The molecular formula is C40H47ClN4O7. The molecule has 0 saturated carbocycles. The van der Waals surface area contributed by atoms with Gasteiger partial charge in [0, 0.05) is 53.3 Å². The van der Waals surface area contributed by atoms with Crippen LogP contribution in [0.25, 0.3) is 10.9 Å². The molecule has 0 bridgehead atoms. The van der Waals surface area contributed by atoms with Gasteiger partial charge in [-0.05, 0) is 92.8 Å². The molecule has 0 aliphatic carbocycles. The van der Waals surface area contributed by atoms with Gasteiger partial charge in [-0.1, -0.05) is 43.6 Å². The Kier molecular flexibility index (Phi) is 14.8. The highest BCUT2D eigenvalue weighted by Gasteiger charge is 2.27. The van der Waals surface area contributed by atoms with Crippen LogP contribution in [-0.4, -0.2) is 78.5 Å². The molecule has 1 unspecified atom stereocenters. The fourth-order valence-corrected chi connectivity index (χ4v) is 6.15. The first kappa shape index (κ1) is 39.6. The summed E-state index contributed by atoms with van der Waals surface area (Å²) in [6.07, 6.45) is 2.02. The molecule has 0 aliphatic rings. The number of carbonyl (C=O) groups is 5. The van der Waals surface area contributed by atoms with E-state index in [1.165, 1.54) is 0 Å². The predicted molar refractivity (Wildman–Crippen MR) is 201 cm³/mol. The largest absolute Gasteiger partial charge is 0.497 e. The Hall–Kier alpha value is -5.16. The van der Waals surface area contributed by atoms with Gasteiger partial charge in [0.1, 0.15) is 11.8 Å². The first-order valence-corrected chi connectivity index (χ1v) is 18.0. The summed E-state index contributed by atoms with van der Waals surface area (Å²) in [7, 11) is 1.55. The lowest BCUT2D eigenvalue weighted by molar-refractivity contribution is -0.142. The SMILES string of the molecule is CCCN(CCC)C(=O)C(CCC(=O)NCCCOC(=O)Cc1c(C)n(C(=O)c2ccc(Cl)cc2)c2ccc(OC)cc12)NC(=O)c1ccccc1. The molecule has 3 aromatic carbocycles. The summed E-state index contributed by atoms with van der Waals surface area (Å²) in [5.74, 6) is -1.01. The van der Waals surface area contributed by atoms with Gasteiger partial charge in [0.15, 0.2) is 0 Å². The van der Waals surface area contributed by atoms with Crippen molar-refractivity contribution in [2.75, 3.05) is 33.4 Å². The van der Waals surface area contributed by atoms with Crippen LogP contribution in [0.4, 0.5) is 0 Å². The molecule has 4 rings (SSSR count). The van der Waals surface area contributed by atoms with Crippen LogP contribution in [0.3, 0.4) is 0 Å². The number of methoxy groups -OCH3 is 1. The topological polar surface area (TPSA) is 136 Å². The van der Waals surface area contributed by atoms with Gasteiger partial charge in [-0.15, -0.1) is 0 Å². The number of rotatable bonds is 18. The van der Waals surface area contributed by atoms with E-state index < -0.39 is 12.0 Å². The lowest BCUT2D eigenvalue weighted by Crippen LogP contribution is -2.49. The second-order valence-electron chi connectivity index (χ2n) is 12.5. The molecule has 276 valence electrons. The number of ether oxygens (including phenoxy) is 2. The maximum Gasteiger partial charge on any atom is 0.310 e. The molecule has 2 N–H and O–H groups in total. The number of hydrogen-bond donors (Lipinski definition) is 2. The standard InChI is InChI=1S/C40H47ClN4O7/c1-5-22-44(23-6-2)40(50)34(43-38(48)28-11-8-7-9-12-28)18-20-36(46)42-21-10-24-52-37(47)26-32-27(3)45(35-19-17-31(51-4)25-33(32)35)39(49)29-13-15-30(41)16-14-29/h7-9,11-17,19,25,34H,5-6,10,18,20-24,26H2,1-4H3,(H,42,46)(H,43,48). The number of nitrogens with one attached hydrogen (secondary N) is 2. The van der Waals surface area contributed by atoms with Crippen molar-refractivity contribution in [3.05, 3.63) is 100 Å². The van der Waals surface area contributed by atoms with Gasteiger partial charge in [-0.2, -0.15) is 0 Å². The van der Waals surface area contributed by atoms with Crippen LogP contribution in [0.15, 0.2) is 72.8 Å². The number of benzene rings is 3. The smallest absolute Gasteiger partial charge is 0.310 e. The van der Waals surface area contributed by atoms with Crippen molar-refractivity contribution in [3.8, 4) is 5.75 Å². The number of aromatic nitrogens is 1. The minimum absolute atomic E-state index is 0.0267.